The Morgan fingerprint density at radius 3 is 2.20 bits per heavy atom. The Balaban J connectivity index is 2.62. The zero-order valence-electron chi connectivity index (χ0n) is 7.77. The van der Waals surface area contributed by atoms with Crippen molar-refractivity contribution in [3.63, 3.8) is 0 Å². The van der Waals surface area contributed by atoms with Crippen LogP contribution in [0.2, 0.25) is 0 Å². The first-order chi connectivity index (χ1) is 6.75. The molecule has 2 N–H and O–H groups in total. The van der Waals surface area contributed by atoms with Gasteiger partial charge >= 0.3 is 15.4 Å². The fourth-order valence-corrected chi connectivity index (χ4v) is 1.72. The van der Waals surface area contributed by atoms with Gasteiger partial charge in [-0.05, 0) is 12.8 Å². The highest BCUT2D eigenvalue weighted by Crippen LogP contribution is 2.30. The SMILES string of the molecule is O=S(=O)(O)C(F)(F)C(O)OC1CCCC1. The van der Waals surface area contributed by atoms with Crippen molar-refractivity contribution in [1.82, 2.24) is 0 Å². The van der Waals surface area contributed by atoms with Gasteiger partial charge in [0, 0.05) is 0 Å². The number of rotatable bonds is 4. The maximum Gasteiger partial charge on any atom is 0.418 e. The maximum absolute atomic E-state index is 12.8. The molecule has 0 bridgehead atoms. The van der Waals surface area contributed by atoms with E-state index >= 15 is 0 Å². The van der Waals surface area contributed by atoms with E-state index in [1.165, 1.54) is 0 Å². The summed E-state index contributed by atoms with van der Waals surface area (Å²) in [6, 6.07) is 0. The summed E-state index contributed by atoms with van der Waals surface area (Å²) in [5.41, 5.74) is 0. The molecule has 1 fully saturated rings. The highest BCUT2D eigenvalue weighted by Gasteiger charge is 2.53. The average molecular weight is 246 g/mol. The van der Waals surface area contributed by atoms with Gasteiger partial charge in [0.15, 0.2) is 0 Å². The van der Waals surface area contributed by atoms with E-state index in [1.807, 2.05) is 0 Å². The molecular formula is C7H12F2O5S. The second-order valence-corrected chi connectivity index (χ2v) is 4.93. The lowest BCUT2D eigenvalue weighted by atomic mass is 10.3. The Kier molecular flexibility index (Phi) is 3.64. The van der Waals surface area contributed by atoms with Crippen molar-refractivity contribution in [3.8, 4) is 0 Å². The maximum atomic E-state index is 12.8. The number of ether oxygens (including phenoxy) is 1. The van der Waals surface area contributed by atoms with Crippen molar-refractivity contribution in [2.24, 2.45) is 0 Å². The van der Waals surface area contributed by atoms with Gasteiger partial charge in [0.1, 0.15) is 0 Å². The van der Waals surface area contributed by atoms with Gasteiger partial charge in [-0.15, -0.1) is 0 Å². The molecule has 0 radical (unpaired) electrons. The third-order valence-electron chi connectivity index (χ3n) is 2.25. The predicted octanol–water partition coefficient (Wildman–Crippen LogP) is 0.745. The quantitative estimate of drug-likeness (QED) is 0.564. The second-order valence-electron chi connectivity index (χ2n) is 3.43. The monoisotopic (exact) mass is 246 g/mol. The zero-order valence-corrected chi connectivity index (χ0v) is 8.58. The Labute approximate surface area is 85.8 Å². The van der Waals surface area contributed by atoms with Gasteiger partial charge in [-0.1, -0.05) is 12.8 Å². The van der Waals surface area contributed by atoms with Crippen LogP contribution in [0.25, 0.3) is 0 Å². The summed E-state index contributed by atoms with van der Waals surface area (Å²) in [6.07, 6.45) is -0.829. The molecule has 90 valence electrons. The number of halogens is 2. The molecule has 0 aromatic carbocycles. The summed E-state index contributed by atoms with van der Waals surface area (Å²) in [5, 5.41) is 4.18. The molecule has 15 heavy (non-hydrogen) atoms. The van der Waals surface area contributed by atoms with Gasteiger partial charge in [-0.25, -0.2) is 0 Å². The lowest BCUT2D eigenvalue weighted by molar-refractivity contribution is -0.217. The Morgan fingerprint density at radius 1 is 1.33 bits per heavy atom. The normalized spacial score (nSPS) is 21.9. The largest absolute Gasteiger partial charge is 0.418 e. The predicted molar refractivity (Wildman–Crippen MR) is 45.8 cm³/mol. The van der Waals surface area contributed by atoms with E-state index in [4.69, 9.17) is 9.66 Å². The molecular weight excluding hydrogens is 234 g/mol. The topological polar surface area (TPSA) is 83.8 Å². The lowest BCUT2D eigenvalue weighted by Gasteiger charge is -2.22. The number of hydrogen-bond acceptors (Lipinski definition) is 4. The summed E-state index contributed by atoms with van der Waals surface area (Å²) in [5.74, 6) is 0. The first kappa shape index (κ1) is 12.8. The van der Waals surface area contributed by atoms with Crippen LogP contribution in [0.5, 0.6) is 0 Å². The minimum Gasteiger partial charge on any atom is -0.362 e. The molecule has 0 spiro atoms. The molecule has 1 rings (SSSR count). The van der Waals surface area contributed by atoms with Gasteiger partial charge in [0.2, 0.25) is 6.29 Å². The highest BCUT2D eigenvalue weighted by molar-refractivity contribution is 7.86. The van der Waals surface area contributed by atoms with Crippen LogP contribution in [0.15, 0.2) is 0 Å². The first-order valence-electron chi connectivity index (χ1n) is 4.43. The molecule has 1 saturated carbocycles. The molecule has 0 saturated heterocycles. The smallest absolute Gasteiger partial charge is 0.362 e. The van der Waals surface area contributed by atoms with Crippen LogP contribution in [0.4, 0.5) is 8.78 Å². The summed E-state index contributed by atoms with van der Waals surface area (Å²) in [4.78, 5) is 0. The van der Waals surface area contributed by atoms with Crippen molar-refractivity contribution in [2.45, 2.75) is 43.3 Å². The summed E-state index contributed by atoms with van der Waals surface area (Å²) < 4.78 is 58.6. The van der Waals surface area contributed by atoms with Crippen molar-refractivity contribution < 1.29 is 31.6 Å². The van der Waals surface area contributed by atoms with Crippen LogP contribution in [0.3, 0.4) is 0 Å². The third kappa shape index (κ3) is 2.83. The zero-order chi connectivity index (χ0) is 11.7. The van der Waals surface area contributed by atoms with Crippen molar-refractivity contribution in [3.05, 3.63) is 0 Å². The molecule has 1 aliphatic rings. The fourth-order valence-electron chi connectivity index (χ4n) is 1.41. The second kappa shape index (κ2) is 4.28. The number of aliphatic hydroxyl groups is 1. The van der Waals surface area contributed by atoms with Crippen LogP contribution < -0.4 is 0 Å². The van der Waals surface area contributed by atoms with Gasteiger partial charge in [-0.3, -0.25) is 4.55 Å². The number of aliphatic hydroxyl groups excluding tert-OH is 1. The fraction of sp³-hybridized carbons (Fsp3) is 1.00. The molecule has 8 heteroatoms. The number of alkyl halides is 2. The van der Waals surface area contributed by atoms with E-state index in [-0.39, 0.29) is 0 Å². The van der Waals surface area contributed by atoms with Gasteiger partial charge in [0.25, 0.3) is 0 Å². The van der Waals surface area contributed by atoms with Crippen LogP contribution in [-0.4, -0.2) is 35.7 Å². The molecule has 1 unspecified atom stereocenters. The summed E-state index contributed by atoms with van der Waals surface area (Å²) >= 11 is 0. The van der Waals surface area contributed by atoms with Crippen LogP contribution in [-0.2, 0) is 14.9 Å². The Hall–Kier alpha value is -0.310. The lowest BCUT2D eigenvalue weighted by Crippen LogP contribution is -2.44. The van der Waals surface area contributed by atoms with Crippen LogP contribution in [0, 0.1) is 0 Å². The summed E-state index contributed by atoms with van der Waals surface area (Å²) in [7, 11) is -5.65. The van der Waals surface area contributed by atoms with E-state index in [2.05, 4.69) is 4.74 Å². The van der Waals surface area contributed by atoms with Crippen molar-refractivity contribution in [1.29, 1.82) is 0 Å². The molecule has 1 aliphatic carbocycles. The van der Waals surface area contributed by atoms with Crippen LogP contribution in [0.1, 0.15) is 25.7 Å². The van der Waals surface area contributed by atoms with E-state index in [9.17, 15) is 17.2 Å². The van der Waals surface area contributed by atoms with E-state index in [1.54, 1.807) is 0 Å². The molecule has 5 nitrogen and oxygen atoms in total. The molecule has 0 amide bonds. The van der Waals surface area contributed by atoms with Crippen LogP contribution >= 0.6 is 0 Å². The molecule has 0 heterocycles. The van der Waals surface area contributed by atoms with Gasteiger partial charge < -0.3 is 9.84 Å². The Morgan fingerprint density at radius 2 is 1.80 bits per heavy atom. The van der Waals surface area contributed by atoms with Crippen molar-refractivity contribution >= 4 is 10.1 Å². The van der Waals surface area contributed by atoms with E-state index in [0.29, 0.717) is 12.8 Å². The summed E-state index contributed by atoms with van der Waals surface area (Å²) in [6.45, 7) is 0. The molecule has 0 aliphatic heterocycles. The minimum absolute atomic E-state index is 0.499. The molecule has 1 atom stereocenters. The highest BCUT2D eigenvalue weighted by atomic mass is 32.2. The number of hydrogen-bond donors (Lipinski definition) is 2. The Bertz CT molecular complexity index is 309. The van der Waals surface area contributed by atoms with Gasteiger partial charge in [-0.2, -0.15) is 17.2 Å². The van der Waals surface area contributed by atoms with E-state index in [0.717, 1.165) is 12.8 Å². The molecule has 0 aromatic heterocycles. The standard InChI is InChI=1S/C7H12F2O5S/c8-7(9,15(11,12)13)6(10)14-5-3-1-2-4-5/h5-6,10H,1-4H2,(H,11,12,13). The average Bonchev–Trinajstić information content (AvgIpc) is 2.54. The van der Waals surface area contributed by atoms with E-state index < -0.39 is 27.8 Å². The first-order valence-corrected chi connectivity index (χ1v) is 5.87. The third-order valence-corrected chi connectivity index (χ3v) is 3.14. The van der Waals surface area contributed by atoms with Gasteiger partial charge in [0.05, 0.1) is 6.10 Å². The molecule has 0 aromatic rings. The minimum atomic E-state index is -5.65. The van der Waals surface area contributed by atoms with Crippen molar-refractivity contribution in [2.75, 3.05) is 0 Å².